The van der Waals surface area contributed by atoms with E-state index in [2.05, 4.69) is 37.7 Å². The molecular weight excluding hydrogens is 284 g/mol. The Morgan fingerprint density at radius 1 is 1.38 bits per heavy atom. The van der Waals surface area contributed by atoms with Crippen molar-refractivity contribution in [1.29, 1.82) is 0 Å². The summed E-state index contributed by atoms with van der Waals surface area (Å²) >= 11 is 1.80. The van der Waals surface area contributed by atoms with E-state index in [-0.39, 0.29) is 0 Å². The van der Waals surface area contributed by atoms with Gasteiger partial charge in [-0.15, -0.1) is 11.3 Å². The lowest BCUT2D eigenvalue weighted by Gasteiger charge is -2.34. The van der Waals surface area contributed by atoms with Crippen LogP contribution in [-0.2, 0) is 4.74 Å². The van der Waals surface area contributed by atoms with Gasteiger partial charge in [-0.05, 0) is 24.4 Å². The van der Waals surface area contributed by atoms with Gasteiger partial charge in [0.15, 0.2) is 0 Å². The molecule has 0 unspecified atom stereocenters. The van der Waals surface area contributed by atoms with Crippen LogP contribution in [-0.4, -0.2) is 47.7 Å². The molecular formula is C15H20N4OS. The van der Waals surface area contributed by atoms with Crippen LogP contribution in [0, 0.1) is 6.92 Å². The molecule has 3 rings (SSSR count). The summed E-state index contributed by atoms with van der Waals surface area (Å²) in [5.74, 6) is 0.699. The van der Waals surface area contributed by atoms with E-state index in [4.69, 9.17) is 4.74 Å². The van der Waals surface area contributed by atoms with E-state index in [9.17, 15) is 0 Å². The number of rotatable bonds is 5. The molecule has 0 aliphatic carbocycles. The van der Waals surface area contributed by atoms with Crippen LogP contribution < -0.4 is 5.32 Å². The first kappa shape index (κ1) is 14.4. The zero-order chi connectivity index (χ0) is 14.5. The first-order valence-electron chi connectivity index (χ1n) is 7.21. The largest absolute Gasteiger partial charge is 0.379 e. The van der Waals surface area contributed by atoms with Gasteiger partial charge in [-0.25, -0.2) is 9.97 Å². The standard InChI is InChI=1S/C15H20N4OS/c1-12-4-5-16-15(18-12)17-11-13(14-3-2-10-21-14)19-6-8-20-9-7-19/h2-5,10,13H,6-9,11H2,1H3,(H,16,17,18)/t13-/m1/s1. The number of nitrogens with zero attached hydrogens (tertiary/aromatic N) is 3. The molecule has 3 heterocycles. The van der Waals surface area contributed by atoms with Gasteiger partial charge in [0.25, 0.3) is 0 Å². The maximum Gasteiger partial charge on any atom is 0.222 e. The Morgan fingerprint density at radius 3 is 2.95 bits per heavy atom. The summed E-state index contributed by atoms with van der Waals surface area (Å²) in [7, 11) is 0. The van der Waals surface area contributed by atoms with Crippen molar-refractivity contribution in [2.75, 3.05) is 38.2 Å². The molecule has 0 amide bonds. The summed E-state index contributed by atoms with van der Waals surface area (Å²) in [5, 5.41) is 5.50. The number of nitrogens with one attached hydrogen (secondary N) is 1. The van der Waals surface area contributed by atoms with Gasteiger partial charge < -0.3 is 10.1 Å². The quantitative estimate of drug-likeness (QED) is 0.919. The van der Waals surface area contributed by atoms with Gasteiger partial charge in [0.05, 0.1) is 19.3 Å². The molecule has 5 nitrogen and oxygen atoms in total. The van der Waals surface area contributed by atoms with Crippen molar-refractivity contribution in [2.45, 2.75) is 13.0 Å². The third-order valence-electron chi connectivity index (χ3n) is 3.61. The third-order valence-corrected chi connectivity index (χ3v) is 4.58. The van der Waals surface area contributed by atoms with Crippen molar-refractivity contribution in [3.8, 4) is 0 Å². The highest BCUT2D eigenvalue weighted by molar-refractivity contribution is 7.10. The lowest BCUT2D eigenvalue weighted by Crippen LogP contribution is -2.41. The monoisotopic (exact) mass is 304 g/mol. The molecule has 1 aliphatic rings. The Bertz CT molecular complexity index is 555. The van der Waals surface area contributed by atoms with E-state index in [1.165, 1.54) is 4.88 Å². The SMILES string of the molecule is Cc1ccnc(NC[C@H](c2cccs2)N2CCOCC2)n1. The number of hydrogen-bond acceptors (Lipinski definition) is 6. The van der Waals surface area contributed by atoms with Crippen LogP contribution in [0.25, 0.3) is 0 Å². The minimum Gasteiger partial charge on any atom is -0.379 e. The second-order valence-corrected chi connectivity index (χ2v) is 6.06. The van der Waals surface area contributed by atoms with Gasteiger partial charge >= 0.3 is 0 Å². The number of anilines is 1. The zero-order valence-corrected chi connectivity index (χ0v) is 13.0. The van der Waals surface area contributed by atoms with Crippen LogP contribution in [0.15, 0.2) is 29.8 Å². The van der Waals surface area contributed by atoms with Crippen LogP contribution in [0.1, 0.15) is 16.6 Å². The maximum absolute atomic E-state index is 5.46. The maximum atomic E-state index is 5.46. The Kier molecular flexibility index (Phi) is 4.80. The molecule has 0 radical (unpaired) electrons. The van der Waals surface area contributed by atoms with Crippen LogP contribution in [0.3, 0.4) is 0 Å². The second-order valence-electron chi connectivity index (χ2n) is 5.08. The van der Waals surface area contributed by atoms with Crippen molar-refractivity contribution in [1.82, 2.24) is 14.9 Å². The van der Waals surface area contributed by atoms with Crippen molar-refractivity contribution in [3.05, 3.63) is 40.3 Å². The number of morpholine rings is 1. The fourth-order valence-corrected chi connectivity index (χ4v) is 3.36. The third kappa shape index (κ3) is 3.78. The van der Waals surface area contributed by atoms with Gasteiger partial charge in [0, 0.05) is 36.4 Å². The highest BCUT2D eigenvalue weighted by Gasteiger charge is 2.23. The molecule has 6 heteroatoms. The molecule has 112 valence electrons. The molecule has 0 aromatic carbocycles. The predicted molar refractivity (Wildman–Crippen MR) is 84.7 cm³/mol. The smallest absolute Gasteiger partial charge is 0.222 e. The van der Waals surface area contributed by atoms with Crippen molar-refractivity contribution >= 4 is 17.3 Å². The second kappa shape index (κ2) is 6.98. The topological polar surface area (TPSA) is 50.3 Å². The van der Waals surface area contributed by atoms with Gasteiger partial charge in [0.1, 0.15) is 0 Å². The minimum absolute atomic E-state index is 0.345. The Labute approximate surface area is 129 Å². The fraction of sp³-hybridized carbons (Fsp3) is 0.467. The number of thiophene rings is 1. The number of ether oxygens (including phenoxy) is 1. The predicted octanol–water partition coefficient (Wildman–Crippen LogP) is 2.33. The summed E-state index contributed by atoms with van der Waals surface area (Å²) in [6.45, 7) is 6.35. The van der Waals surface area contributed by atoms with Crippen molar-refractivity contribution < 1.29 is 4.74 Å². The van der Waals surface area contributed by atoms with E-state index in [0.29, 0.717) is 12.0 Å². The van der Waals surface area contributed by atoms with Crippen molar-refractivity contribution in [3.63, 3.8) is 0 Å². The summed E-state index contributed by atoms with van der Waals surface area (Å²) in [6, 6.07) is 6.56. The normalized spacial score (nSPS) is 17.6. The summed E-state index contributed by atoms with van der Waals surface area (Å²) in [6.07, 6.45) is 1.79. The summed E-state index contributed by atoms with van der Waals surface area (Å²) in [5.41, 5.74) is 0.978. The molecule has 1 atom stereocenters. The molecule has 2 aromatic heterocycles. The molecule has 21 heavy (non-hydrogen) atoms. The molecule has 1 aliphatic heterocycles. The Balaban J connectivity index is 1.70. The van der Waals surface area contributed by atoms with E-state index in [0.717, 1.165) is 38.5 Å². The minimum atomic E-state index is 0.345. The molecule has 2 aromatic rings. The molecule has 1 fully saturated rings. The van der Waals surface area contributed by atoms with Gasteiger partial charge in [0.2, 0.25) is 5.95 Å². The molecule has 0 saturated carbocycles. The average molecular weight is 304 g/mol. The van der Waals surface area contributed by atoms with E-state index in [1.807, 2.05) is 13.0 Å². The lowest BCUT2D eigenvalue weighted by atomic mass is 10.2. The molecule has 0 spiro atoms. The highest BCUT2D eigenvalue weighted by Crippen LogP contribution is 2.26. The lowest BCUT2D eigenvalue weighted by molar-refractivity contribution is 0.0193. The first-order chi connectivity index (χ1) is 10.3. The molecule has 1 saturated heterocycles. The number of aromatic nitrogens is 2. The van der Waals surface area contributed by atoms with E-state index >= 15 is 0 Å². The number of aryl methyl sites for hydroxylation is 1. The Morgan fingerprint density at radius 2 is 2.24 bits per heavy atom. The van der Waals surface area contributed by atoms with Crippen LogP contribution in [0.4, 0.5) is 5.95 Å². The van der Waals surface area contributed by atoms with E-state index < -0.39 is 0 Å². The average Bonchev–Trinajstić information content (AvgIpc) is 3.03. The Hall–Kier alpha value is -1.50. The van der Waals surface area contributed by atoms with Crippen molar-refractivity contribution in [2.24, 2.45) is 0 Å². The summed E-state index contributed by atoms with van der Waals surface area (Å²) < 4.78 is 5.46. The van der Waals surface area contributed by atoms with Crippen LogP contribution in [0.2, 0.25) is 0 Å². The number of hydrogen-bond donors (Lipinski definition) is 1. The molecule has 1 N–H and O–H groups in total. The van der Waals surface area contributed by atoms with Gasteiger partial charge in [-0.2, -0.15) is 0 Å². The van der Waals surface area contributed by atoms with Gasteiger partial charge in [-0.1, -0.05) is 6.07 Å². The van der Waals surface area contributed by atoms with Crippen LogP contribution >= 0.6 is 11.3 Å². The van der Waals surface area contributed by atoms with E-state index in [1.54, 1.807) is 17.5 Å². The fourth-order valence-electron chi connectivity index (χ4n) is 2.50. The highest BCUT2D eigenvalue weighted by atomic mass is 32.1. The van der Waals surface area contributed by atoms with Gasteiger partial charge in [-0.3, -0.25) is 4.90 Å². The summed E-state index contributed by atoms with van der Waals surface area (Å²) in [4.78, 5) is 12.5. The zero-order valence-electron chi connectivity index (χ0n) is 12.2. The first-order valence-corrected chi connectivity index (χ1v) is 8.09. The van der Waals surface area contributed by atoms with Crippen LogP contribution in [0.5, 0.6) is 0 Å². The molecule has 0 bridgehead atoms.